The molecule has 0 saturated carbocycles. The fraction of sp³-hybridized carbons (Fsp3) is 0.400. The van der Waals surface area contributed by atoms with Crippen LogP contribution < -0.4 is 9.47 Å². The molecule has 1 unspecified atom stereocenters. The van der Waals surface area contributed by atoms with E-state index in [0.717, 1.165) is 28.2 Å². The van der Waals surface area contributed by atoms with Gasteiger partial charge in [0, 0.05) is 18.5 Å². The van der Waals surface area contributed by atoms with Gasteiger partial charge in [-0.25, -0.2) is 19.6 Å². The van der Waals surface area contributed by atoms with Crippen LogP contribution in [-0.2, 0) is 24.1 Å². The van der Waals surface area contributed by atoms with Gasteiger partial charge in [-0.3, -0.25) is 4.57 Å². The lowest BCUT2D eigenvalue weighted by atomic mass is 9.80. The lowest BCUT2D eigenvalue weighted by Gasteiger charge is -2.39. The second-order valence-corrected chi connectivity index (χ2v) is 14.7. The molecule has 13 heteroatoms. The number of methoxy groups -OCH3 is 2. The third kappa shape index (κ3) is 8.36. The van der Waals surface area contributed by atoms with Crippen LogP contribution in [-0.4, -0.2) is 75.9 Å². The van der Waals surface area contributed by atoms with E-state index in [-0.39, 0.29) is 31.7 Å². The number of hydrogen-bond acceptors (Lipinski definition) is 11. The molecular formula is C40H47N6O6P. The van der Waals surface area contributed by atoms with Gasteiger partial charge in [-0.05, 0) is 68.7 Å². The van der Waals surface area contributed by atoms with Gasteiger partial charge in [-0.15, -0.1) is 0 Å². The smallest absolute Gasteiger partial charge is 0.259 e. The molecule has 0 radical (unpaired) electrons. The van der Waals surface area contributed by atoms with E-state index in [1.165, 1.54) is 6.33 Å². The summed E-state index contributed by atoms with van der Waals surface area (Å²) in [6.07, 6.45) is 4.22. The predicted octanol–water partition coefficient (Wildman–Crippen LogP) is 7.80. The summed E-state index contributed by atoms with van der Waals surface area (Å²) in [5, 5.41) is 9.33. The summed E-state index contributed by atoms with van der Waals surface area (Å²) < 4.78 is 42.8. The molecule has 0 aliphatic carbocycles. The summed E-state index contributed by atoms with van der Waals surface area (Å²) in [4.78, 5) is 13.2. The molecule has 53 heavy (non-hydrogen) atoms. The van der Waals surface area contributed by atoms with E-state index >= 15 is 0 Å². The number of imidazole rings is 1. The molecule has 2 aromatic heterocycles. The summed E-state index contributed by atoms with van der Waals surface area (Å²) in [7, 11) is 1.73. The summed E-state index contributed by atoms with van der Waals surface area (Å²) in [5.74, 6) is 1.48. The molecule has 0 amide bonds. The van der Waals surface area contributed by atoms with Crippen LogP contribution in [0.4, 0.5) is 0 Å². The van der Waals surface area contributed by atoms with Crippen molar-refractivity contribution in [3.8, 4) is 17.6 Å². The molecule has 1 aliphatic rings. The topological polar surface area (TPSA) is 126 Å². The number of fused-ring (bicyclic) bond motifs is 1. The molecule has 1 saturated heterocycles. The van der Waals surface area contributed by atoms with Crippen molar-refractivity contribution >= 4 is 19.7 Å². The van der Waals surface area contributed by atoms with Gasteiger partial charge in [0.25, 0.3) is 8.53 Å². The molecule has 5 aromatic rings. The number of hydrogen-bond donors (Lipinski definition) is 0. The lowest BCUT2D eigenvalue weighted by molar-refractivity contribution is -0.0912. The van der Waals surface area contributed by atoms with Gasteiger partial charge in [-0.1, -0.05) is 54.6 Å². The minimum Gasteiger partial charge on any atom is -0.497 e. The van der Waals surface area contributed by atoms with Crippen molar-refractivity contribution in [2.75, 3.05) is 27.4 Å². The van der Waals surface area contributed by atoms with Gasteiger partial charge < -0.3 is 28.0 Å². The van der Waals surface area contributed by atoms with Gasteiger partial charge in [0.2, 0.25) is 0 Å². The van der Waals surface area contributed by atoms with Crippen LogP contribution in [0.3, 0.4) is 0 Å². The van der Waals surface area contributed by atoms with E-state index in [4.69, 9.17) is 28.0 Å². The van der Waals surface area contributed by atoms with Gasteiger partial charge >= 0.3 is 0 Å². The van der Waals surface area contributed by atoms with Crippen LogP contribution in [0.2, 0.25) is 0 Å². The molecule has 3 aromatic carbocycles. The first-order valence-electron chi connectivity index (χ1n) is 17.8. The Bertz CT molecular complexity index is 1880. The highest BCUT2D eigenvalue weighted by Gasteiger charge is 2.45. The zero-order chi connectivity index (χ0) is 37.4. The molecule has 4 atom stereocenters. The highest BCUT2D eigenvalue weighted by atomic mass is 31.2. The number of nitrogens with zero attached hydrogens (tertiary/aromatic N) is 6. The van der Waals surface area contributed by atoms with Crippen molar-refractivity contribution in [1.29, 1.82) is 5.26 Å². The zero-order valence-corrected chi connectivity index (χ0v) is 31.9. The fourth-order valence-electron chi connectivity index (χ4n) is 6.82. The average molecular weight is 739 g/mol. The zero-order valence-electron chi connectivity index (χ0n) is 31.0. The standard InChI is InChI=1S/C40H47N6O6P/c1-28(2)46(29(3)4)53(50-22-10-21-41)52-36-23-38(45-27-44-35-24-42-26-43-39(35)45)51-37(36)25-49-40(30-11-8-7-9-12-30,31-13-17-33(47-5)18-14-31)32-15-19-34(48-6)20-16-32/h7-9,11-20,24,26-29,36-38H,10,22-23,25H2,1-6H3/t36-,37+,38+,53?/m0/s1. The maximum absolute atomic E-state index is 9.33. The van der Waals surface area contributed by atoms with Crippen molar-refractivity contribution in [3.63, 3.8) is 0 Å². The Balaban J connectivity index is 1.42. The maximum atomic E-state index is 9.33. The number of benzene rings is 3. The minimum absolute atomic E-state index is 0.126. The number of aromatic nitrogens is 4. The normalized spacial score (nSPS) is 18.2. The number of nitriles is 1. The number of ether oxygens (including phenoxy) is 4. The molecule has 0 bridgehead atoms. The lowest BCUT2D eigenvalue weighted by Crippen LogP contribution is -2.39. The van der Waals surface area contributed by atoms with Crippen molar-refractivity contribution in [2.24, 2.45) is 0 Å². The van der Waals surface area contributed by atoms with Crippen LogP contribution in [0.5, 0.6) is 11.5 Å². The third-order valence-electron chi connectivity index (χ3n) is 9.25. The Labute approximate surface area is 312 Å². The van der Waals surface area contributed by atoms with E-state index in [1.807, 2.05) is 71.3 Å². The summed E-state index contributed by atoms with van der Waals surface area (Å²) >= 11 is 0. The van der Waals surface area contributed by atoms with E-state index in [2.05, 4.69) is 65.5 Å². The minimum atomic E-state index is -1.58. The first kappa shape index (κ1) is 38.3. The van der Waals surface area contributed by atoms with E-state index in [1.54, 1.807) is 26.7 Å². The molecule has 1 aliphatic heterocycles. The second-order valence-electron chi connectivity index (χ2n) is 13.3. The van der Waals surface area contributed by atoms with Crippen LogP contribution in [0.15, 0.2) is 97.7 Å². The summed E-state index contributed by atoms with van der Waals surface area (Å²) in [6.45, 7) is 8.89. The molecule has 12 nitrogen and oxygen atoms in total. The van der Waals surface area contributed by atoms with Crippen LogP contribution in [0.1, 0.15) is 63.5 Å². The predicted molar refractivity (Wildman–Crippen MR) is 202 cm³/mol. The van der Waals surface area contributed by atoms with Gasteiger partial charge in [0.1, 0.15) is 41.3 Å². The summed E-state index contributed by atoms with van der Waals surface area (Å²) in [5.41, 5.74) is 3.03. The Morgan fingerprint density at radius 1 is 0.906 bits per heavy atom. The molecule has 3 heterocycles. The fourth-order valence-corrected chi connectivity index (χ4v) is 8.58. The summed E-state index contributed by atoms with van der Waals surface area (Å²) in [6, 6.07) is 28.5. The van der Waals surface area contributed by atoms with Gasteiger partial charge in [-0.2, -0.15) is 5.26 Å². The van der Waals surface area contributed by atoms with Gasteiger partial charge in [0.05, 0.1) is 58.6 Å². The first-order chi connectivity index (χ1) is 25.8. The second kappa shape index (κ2) is 17.6. The van der Waals surface area contributed by atoms with Crippen LogP contribution in [0.25, 0.3) is 11.2 Å². The number of rotatable bonds is 17. The quantitative estimate of drug-likeness (QED) is 0.0527. The van der Waals surface area contributed by atoms with Crippen molar-refractivity contribution in [3.05, 3.63) is 114 Å². The van der Waals surface area contributed by atoms with E-state index < -0.39 is 32.6 Å². The molecular weight excluding hydrogens is 691 g/mol. The van der Waals surface area contributed by atoms with E-state index in [9.17, 15) is 5.26 Å². The Morgan fingerprint density at radius 3 is 2.11 bits per heavy atom. The monoisotopic (exact) mass is 738 g/mol. The van der Waals surface area contributed by atoms with Crippen molar-refractivity contribution < 1.29 is 28.0 Å². The Hall–Kier alpha value is -4.47. The molecule has 0 spiro atoms. The SMILES string of the molecule is COc1ccc(C(OC[C@H]2O[C@@H](n3cnc4cncnc43)C[C@@H]2OP(OCCC#N)N(C(C)C)C(C)C)(c2ccccc2)c2ccc(OC)cc2)cc1. The maximum Gasteiger partial charge on any atom is 0.259 e. The Kier molecular flexibility index (Phi) is 12.7. The van der Waals surface area contributed by atoms with Crippen LogP contribution >= 0.6 is 8.53 Å². The van der Waals surface area contributed by atoms with E-state index in [0.29, 0.717) is 17.6 Å². The highest BCUT2D eigenvalue weighted by Crippen LogP contribution is 2.51. The molecule has 1 fully saturated rings. The van der Waals surface area contributed by atoms with Crippen LogP contribution in [0, 0.1) is 11.3 Å². The molecule has 0 N–H and O–H groups in total. The highest BCUT2D eigenvalue weighted by molar-refractivity contribution is 7.44. The average Bonchev–Trinajstić information content (AvgIpc) is 3.79. The Morgan fingerprint density at radius 2 is 1.53 bits per heavy atom. The molecule has 6 rings (SSSR count). The van der Waals surface area contributed by atoms with Gasteiger partial charge in [0.15, 0.2) is 5.65 Å². The third-order valence-corrected chi connectivity index (χ3v) is 11.4. The molecule has 278 valence electrons. The van der Waals surface area contributed by atoms with Crippen molar-refractivity contribution in [1.82, 2.24) is 24.2 Å². The first-order valence-corrected chi connectivity index (χ1v) is 18.9. The van der Waals surface area contributed by atoms with Crippen molar-refractivity contribution in [2.45, 2.75) is 76.7 Å². The largest absolute Gasteiger partial charge is 0.497 e.